The van der Waals surface area contributed by atoms with Crippen molar-refractivity contribution in [3.8, 4) is 0 Å². The third kappa shape index (κ3) is 5.96. The molecule has 4 nitrogen and oxygen atoms in total. The molecular formula is C17H29Cl2N3O. The lowest BCUT2D eigenvalue weighted by atomic mass is 9.95. The zero-order valence-corrected chi connectivity index (χ0v) is 15.8. The summed E-state index contributed by atoms with van der Waals surface area (Å²) in [7, 11) is 4.09. The van der Waals surface area contributed by atoms with Crippen molar-refractivity contribution >= 4 is 36.4 Å². The van der Waals surface area contributed by atoms with Crippen LogP contribution < -0.4 is 11.1 Å². The molecule has 1 aliphatic carbocycles. The van der Waals surface area contributed by atoms with Gasteiger partial charge < -0.3 is 16.0 Å². The van der Waals surface area contributed by atoms with Crippen LogP contribution in [0.5, 0.6) is 0 Å². The first-order valence-corrected chi connectivity index (χ1v) is 7.76. The highest BCUT2D eigenvalue weighted by molar-refractivity contribution is 5.93. The Balaban J connectivity index is 0.00000242. The average Bonchev–Trinajstić information content (AvgIpc) is 2.90. The van der Waals surface area contributed by atoms with Gasteiger partial charge in [-0.2, -0.15) is 0 Å². The monoisotopic (exact) mass is 361 g/mol. The van der Waals surface area contributed by atoms with Gasteiger partial charge in [0.2, 0.25) is 5.91 Å². The van der Waals surface area contributed by atoms with E-state index in [-0.39, 0.29) is 36.6 Å². The number of carbonyl (C=O) groups is 1. The number of carbonyl (C=O) groups excluding carboxylic acids is 1. The maximum absolute atomic E-state index is 12.5. The van der Waals surface area contributed by atoms with Crippen molar-refractivity contribution in [2.75, 3.05) is 26.0 Å². The molecule has 0 saturated heterocycles. The maximum atomic E-state index is 12.5. The van der Waals surface area contributed by atoms with Crippen molar-refractivity contribution in [2.45, 2.75) is 32.7 Å². The van der Waals surface area contributed by atoms with Gasteiger partial charge in [0, 0.05) is 18.2 Å². The minimum absolute atomic E-state index is 0. The van der Waals surface area contributed by atoms with Crippen LogP contribution in [0.3, 0.4) is 0 Å². The number of rotatable bonds is 5. The minimum atomic E-state index is 0. The zero-order valence-electron chi connectivity index (χ0n) is 14.2. The molecule has 1 aliphatic rings. The number of nitrogens with zero attached hydrogens (tertiary/aromatic N) is 1. The molecule has 1 aromatic rings. The number of nitrogens with one attached hydrogen (secondary N) is 1. The van der Waals surface area contributed by atoms with Crippen LogP contribution in [0.15, 0.2) is 18.2 Å². The molecule has 0 aliphatic heterocycles. The molecule has 132 valence electrons. The van der Waals surface area contributed by atoms with Crippen LogP contribution in [0.25, 0.3) is 0 Å². The number of aryl methyl sites for hydroxylation is 1. The van der Waals surface area contributed by atoms with E-state index in [0.29, 0.717) is 12.5 Å². The number of benzene rings is 1. The largest absolute Gasteiger partial charge is 0.330 e. The van der Waals surface area contributed by atoms with Gasteiger partial charge in [0.05, 0.1) is 0 Å². The van der Waals surface area contributed by atoms with Crippen molar-refractivity contribution in [1.29, 1.82) is 0 Å². The summed E-state index contributed by atoms with van der Waals surface area (Å²) in [5.74, 6) is 0.551. The molecule has 6 heteroatoms. The molecule has 1 fully saturated rings. The average molecular weight is 362 g/mol. The van der Waals surface area contributed by atoms with Crippen molar-refractivity contribution in [2.24, 2.45) is 17.6 Å². The van der Waals surface area contributed by atoms with E-state index in [4.69, 9.17) is 5.73 Å². The van der Waals surface area contributed by atoms with E-state index in [9.17, 15) is 4.79 Å². The molecular weight excluding hydrogens is 333 g/mol. The molecule has 0 spiro atoms. The SMILES string of the molecule is Cc1ccc(CN(C)C)cc1NC(=O)[C@@H]1CCC[C@@H]1CN.Cl.Cl. The highest BCUT2D eigenvalue weighted by Gasteiger charge is 2.32. The van der Waals surface area contributed by atoms with Gasteiger partial charge in [-0.05, 0) is 63.5 Å². The Bertz CT molecular complexity index is 509. The van der Waals surface area contributed by atoms with Crippen LogP contribution in [0.2, 0.25) is 0 Å². The second-order valence-corrected chi connectivity index (χ2v) is 6.41. The first kappa shape index (κ1) is 22.2. The fraction of sp³-hybridized carbons (Fsp3) is 0.588. The first-order valence-electron chi connectivity index (χ1n) is 7.76. The minimum Gasteiger partial charge on any atom is -0.330 e. The van der Waals surface area contributed by atoms with Crippen LogP contribution >= 0.6 is 24.8 Å². The lowest BCUT2D eigenvalue weighted by molar-refractivity contribution is -0.120. The second-order valence-electron chi connectivity index (χ2n) is 6.41. The smallest absolute Gasteiger partial charge is 0.227 e. The van der Waals surface area contributed by atoms with Crippen molar-refractivity contribution < 1.29 is 4.79 Å². The van der Waals surface area contributed by atoms with E-state index in [1.807, 2.05) is 21.0 Å². The van der Waals surface area contributed by atoms with E-state index in [1.165, 1.54) is 5.56 Å². The molecule has 3 N–H and O–H groups in total. The molecule has 0 heterocycles. The summed E-state index contributed by atoms with van der Waals surface area (Å²) in [5.41, 5.74) is 9.03. The highest BCUT2D eigenvalue weighted by Crippen LogP contribution is 2.32. The van der Waals surface area contributed by atoms with Gasteiger partial charge in [-0.25, -0.2) is 0 Å². The normalized spacial score (nSPS) is 19.9. The maximum Gasteiger partial charge on any atom is 0.227 e. The molecule has 1 aromatic carbocycles. The van der Waals surface area contributed by atoms with Crippen molar-refractivity contribution in [1.82, 2.24) is 4.90 Å². The molecule has 0 unspecified atom stereocenters. The van der Waals surface area contributed by atoms with Crippen LogP contribution in [0, 0.1) is 18.8 Å². The van der Waals surface area contributed by atoms with Gasteiger partial charge in [0.1, 0.15) is 0 Å². The Morgan fingerprint density at radius 1 is 1.30 bits per heavy atom. The summed E-state index contributed by atoms with van der Waals surface area (Å²) in [6.07, 6.45) is 3.15. The summed E-state index contributed by atoms with van der Waals surface area (Å²) in [6.45, 7) is 3.51. The van der Waals surface area contributed by atoms with Crippen molar-refractivity contribution in [3.05, 3.63) is 29.3 Å². The number of nitrogens with two attached hydrogens (primary N) is 1. The van der Waals surface area contributed by atoms with Gasteiger partial charge in [-0.1, -0.05) is 18.6 Å². The molecule has 2 atom stereocenters. The molecule has 0 bridgehead atoms. The van der Waals surface area contributed by atoms with Crippen LogP contribution in [0.4, 0.5) is 5.69 Å². The molecule has 23 heavy (non-hydrogen) atoms. The standard InChI is InChI=1S/C17H27N3O.2ClH/c1-12-7-8-13(11-20(2)3)9-16(12)19-17(21)15-6-4-5-14(15)10-18;;/h7-9,14-15H,4-6,10-11,18H2,1-3H3,(H,19,21);2*1H/t14-,15-;;/m1../s1. The number of halogens is 2. The quantitative estimate of drug-likeness (QED) is 0.846. The van der Waals surface area contributed by atoms with Crippen LogP contribution in [0.1, 0.15) is 30.4 Å². The Hall–Kier alpha value is -0.810. The molecule has 0 aromatic heterocycles. The summed E-state index contributed by atoms with van der Waals surface area (Å²) >= 11 is 0. The topological polar surface area (TPSA) is 58.4 Å². The fourth-order valence-corrected chi connectivity index (χ4v) is 3.16. The molecule has 2 rings (SSSR count). The third-order valence-corrected chi connectivity index (χ3v) is 4.36. The zero-order chi connectivity index (χ0) is 15.4. The summed E-state index contributed by atoms with van der Waals surface area (Å²) < 4.78 is 0. The lowest BCUT2D eigenvalue weighted by Gasteiger charge is -2.19. The Labute approximate surface area is 152 Å². The van der Waals surface area contributed by atoms with Gasteiger partial charge in [0.15, 0.2) is 0 Å². The van der Waals surface area contributed by atoms with Crippen molar-refractivity contribution in [3.63, 3.8) is 0 Å². The molecule has 0 radical (unpaired) electrons. The van der Waals surface area contributed by atoms with E-state index in [0.717, 1.165) is 37.1 Å². The first-order chi connectivity index (χ1) is 10.0. The number of hydrogen-bond acceptors (Lipinski definition) is 3. The fourth-order valence-electron chi connectivity index (χ4n) is 3.16. The molecule has 1 saturated carbocycles. The van der Waals surface area contributed by atoms with Crippen LogP contribution in [-0.2, 0) is 11.3 Å². The van der Waals surface area contributed by atoms with Crippen LogP contribution in [-0.4, -0.2) is 31.4 Å². The predicted molar refractivity (Wildman–Crippen MR) is 102 cm³/mol. The summed E-state index contributed by atoms with van der Waals surface area (Å²) in [5, 5.41) is 3.12. The summed E-state index contributed by atoms with van der Waals surface area (Å²) in [4.78, 5) is 14.6. The van der Waals surface area contributed by atoms with E-state index >= 15 is 0 Å². The Morgan fingerprint density at radius 2 is 2.00 bits per heavy atom. The molecule has 1 amide bonds. The van der Waals surface area contributed by atoms with E-state index < -0.39 is 0 Å². The predicted octanol–water partition coefficient (Wildman–Crippen LogP) is 3.21. The van der Waals surface area contributed by atoms with E-state index in [2.05, 4.69) is 28.4 Å². The van der Waals surface area contributed by atoms with Gasteiger partial charge in [-0.15, -0.1) is 24.8 Å². The highest BCUT2D eigenvalue weighted by atomic mass is 35.5. The second kappa shape index (κ2) is 10.1. The number of hydrogen-bond donors (Lipinski definition) is 2. The summed E-state index contributed by atoms with van der Waals surface area (Å²) in [6, 6.07) is 6.27. The Kier molecular flexibility index (Phi) is 9.78. The lowest BCUT2D eigenvalue weighted by Crippen LogP contribution is -2.30. The van der Waals surface area contributed by atoms with E-state index in [1.54, 1.807) is 0 Å². The number of anilines is 1. The third-order valence-electron chi connectivity index (χ3n) is 4.36. The van der Waals surface area contributed by atoms with Gasteiger partial charge in [0.25, 0.3) is 0 Å². The number of amides is 1. The van der Waals surface area contributed by atoms with Gasteiger partial charge >= 0.3 is 0 Å². The Morgan fingerprint density at radius 3 is 2.61 bits per heavy atom. The van der Waals surface area contributed by atoms with Gasteiger partial charge in [-0.3, -0.25) is 4.79 Å².